The molecule has 33 heteroatoms. The minimum atomic E-state index is -2.00. The van der Waals surface area contributed by atoms with Crippen LogP contribution in [0.3, 0.4) is 0 Å². The highest BCUT2D eigenvalue weighted by atomic mass is 32.2. The number of thioether (sulfide) groups is 1. The number of phenolic OH excluding ortho intramolecular Hbond substituents is 1. The molecular formula is C54H73N11O21S. The summed E-state index contributed by atoms with van der Waals surface area (Å²) in [6.45, 7) is 2.76. The van der Waals surface area contributed by atoms with Gasteiger partial charge in [0, 0.05) is 42.8 Å². The first-order valence-electron chi connectivity index (χ1n) is 27.0. The van der Waals surface area contributed by atoms with E-state index in [1.165, 1.54) is 56.1 Å². The molecule has 0 spiro atoms. The number of aromatic amines is 1. The number of para-hydroxylation sites is 1. The van der Waals surface area contributed by atoms with Gasteiger partial charge < -0.3 is 94.3 Å². The van der Waals surface area contributed by atoms with Gasteiger partial charge in [-0.15, -0.1) is 0 Å². The topological polar surface area (TPSA) is 531 Å². The number of hydrogen-bond donors (Lipinski definition) is 18. The van der Waals surface area contributed by atoms with Crippen LogP contribution in [0, 0.1) is 5.92 Å². The van der Waals surface area contributed by atoms with Gasteiger partial charge in [0.15, 0.2) is 0 Å². The lowest BCUT2D eigenvalue weighted by Crippen LogP contribution is -2.61. The number of carbonyl (C=O) groups is 14. The van der Waals surface area contributed by atoms with Crippen LogP contribution in [0.25, 0.3) is 10.9 Å². The summed E-state index contributed by atoms with van der Waals surface area (Å²) in [5.74, 6) is -18.5. The van der Waals surface area contributed by atoms with Gasteiger partial charge in [-0.25, -0.2) is 4.79 Å². The number of benzene rings is 2. The minimum absolute atomic E-state index is 0.0184. The normalized spacial score (nSPS) is 14.5. The van der Waals surface area contributed by atoms with Gasteiger partial charge >= 0.3 is 29.8 Å². The van der Waals surface area contributed by atoms with Crippen LogP contribution in [0.5, 0.6) is 5.75 Å². The van der Waals surface area contributed by atoms with E-state index < -0.39 is 194 Å². The molecule has 3 rings (SSSR count). The molecule has 0 unspecified atom stereocenters. The molecule has 0 aliphatic rings. The molecule has 9 amide bonds. The number of carboxylic acid groups (broad SMARTS) is 5. The van der Waals surface area contributed by atoms with Crippen molar-refractivity contribution < 1.29 is 103 Å². The van der Waals surface area contributed by atoms with E-state index in [1.807, 2.05) is 0 Å². The van der Waals surface area contributed by atoms with Crippen molar-refractivity contribution in [2.24, 2.45) is 11.7 Å². The number of amides is 9. The third kappa shape index (κ3) is 24.3. The molecule has 0 aliphatic carbocycles. The highest BCUT2D eigenvalue weighted by Crippen LogP contribution is 2.20. The number of aromatic hydroxyl groups is 1. The number of hydrogen-bond acceptors (Lipinski definition) is 18. The van der Waals surface area contributed by atoms with Crippen molar-refractivity contribution in [1.29, 1.82) is 0 Å². The first-order chi connectivity index (χ1) is 40.9. The third-order valence-electron chi connectivity index (χ3n) is 13.1. The number of carboxylic acids is 5. The number of rotatable bonds is 38. The standard InChI is InChI=1S/C54H73N11O21S/c1-25(2)44(65-45(76)26(3)57-49(80)38(22-43(74)75)63-51(82)37(61-46(77)31(55)21-42(72)73)20-28-23-56-32-8-6-5-7-30(28)32)53(84)59-34(14-16-41(70)71)48(79)64-39(24-66)52(83)58-33(13-15-40(68)69)47(78)62-36(19-27-9-11-29(67)12-10-27)50(81)60-35(54(85)86)17-18-87-4/h5-12,23,25-26,31,33-39,44,56,66-67H,13-22,24,55H2,1-4H3,(H,57,80)(H,58,83)(H,59,84)(H,60,81)(H,61,77)(H,62,78)(H,63,82)(H,64,79)(H,65,76)(H,68,69)(H,70,71)(H,72,73)(H,74,75)(H,85,86)/t26-,31-,33-,34-,35-,36-,37-,38-,39-,44-/m0/s1. The van der Waals surface area contributed by atoms with Crippen LogP contribution in [0.4, 0.5) is 0 Å². The lowest BCUT2D eigenvalue weighted by molar-refractivity contribution is -0.142. The molecule has 3 aromatic rings. The maximum Gasteiger partial charge on any atom is 0.326 e. The maximum atomic E-state index is 13.9. The average Bonchev–Trinajstić information content (AvgIpc) is 2.55. The number of aliphatic hydroxyl groups excluding tert-OH is 1. The van der Waals surface area contributed by atoms with Crippen LogP contribution in [0.15, 0.2) is 54.7 Å². The van der Waals surface area contributed by atoms with E-state index in [2.05, 4.69) is 52.8 Å². The van der Waals surface area contributed by atoms with Crippen molar-refractivity contribution in [2.45, 2.75) is 139 Å². The Hall–Kier alpha value is -9.37. The van der Waals surface area contributed by atoms with E-state index in [0.29, 0.717) is 27.8 Å². The minimum Gasteiger partial charge on any atom is -0.508 e. The molecule has 19 N–H and O–H groups in total. The Morgan fingerprint density at radius 2 is 0.977 bits per heavy atom. The number of aliphatic hydroxyl groups is 1. The largest absolute Gasteiger partial charge is 0.508 e. The van der Waals surface area contributed by atoms with Crippen molar-refractivity contribution in [3.05, 3.63) is 65.9 Å². The summed E-state index contributed by atoms with van der Waals surface area (Å²) >= 11 is 1.30. The van der Waals surface area contributed by atoms with Gasteiger partial charge in [0.2, 0.25) is 53.2 Å². The zero-order valence-corrected chi connectivity index (χ0v) is 48.5. The Labute approximate surface area is 500 Å². The molecule has 10 atom stereocenters. The summed E-state index contributed by atoms with van der Waals surface area (Å²) in [7, 11) is 0. The number of carbonyl (C=O) groups excluding carboxylic acids is 9. The van der Waals surface area contributed by atoms with E-state index in [-0.39, 0.29) is 25.0 Å². The second-order valence-corrected chi connectivity index (χ2v) is 21.3. The second-order valence-electron chi connectivity index (χ2n) is 20.3. The van der Waals surface area contributed by atoms with E-state index in [9.17, 15) is 103 Å². The lowest BCUT2D eigenvalue weighted by Gasteiger charge is -2.28. The SMILES string of the molecule is CSCC[C@H](NC(=O)[C@H](Cc1ccc(O)cc1)NC(=O)[C@H](CCC(=O)O)NC(=O)[C@H](CO)NC(=O)[C@H](CCC(=O)O)NC(=O)[C@@H](NC(=O)[C@H](C)NC(=O)[C@H](CC(=O)O)NC(=O)[C@H](Cc1c[nH]c2ccccc12)NC(=O)[C@@H](N)CC(=O)O)C(C)C)C(=O)O. The van der Waals surface area contributed by atoms with E-state index in [1.54, 1.807) is 30.5 Å². The molecule has 87 heavy (non-hydrogen) atoms. The fraction of sp³-hybridized carbons (Fsp3) is 0.481. The molecule has 2 aromatic carbocycles. The molecule has 0 saturated heterocycles. The lowest BCUT2D eigenvalue weighted by atomic mass is 10.0. The number of nitrogens with two attached hydrogens (primary N) is 1. The predicted molar refractivity (Wildman–Crippen MR) is 306 cm³/mol. The van der Waals surface area contributed by atoms with Crippen molar-refractivity contribution in [2.75, 3.05) is 18.6 Å². The van der Waals surface area contributed by atoms with Gasteiger partial charge in [-0.05, 0) is 73.4 Å². The monoisotopic (exact) mass is 1240 g/mol. The van der Waals surface area contributed by atoms with Gasteiger partial charge in [0.1, 0.15) is 60.1 Å². The van der Waals surface area contributed by atoms with Crippen LogP contribution >= 0.6 is 11.8 Å². The zero-order valence-electron chi connectivity index (χ0n) is 47.7. The number of fused-ring (bicyclic) bond motifs is 1. The van der Waals surface area contributed by atoms with Crippen LogP contribution in [0.1, 0.15) is 76.8 Å². The molecule has 0 bridgehead atoms. The Balaban J connectivity index is 1.81. The maximum absolute atomic E-state index is 13.9. The highest BCUT2D eigenvalue weighted by molar-refractivity contribution is 7.98. The van der Waals surface area contributed by atoms with Gasteiger partial charge in [-0.2, -0.15) is 11.8 Å². The molecular weight excluding hydrogens is 1170 g/mol. The van der Waals surface area contributed by atoms with Gasteiger partial charge in [-0.3, -0.25) is 62.3 Å². The molecule has 0 aliphatic heterocycles. The summed E-state index contributed by atoms with van der Waals surface area (Å²) in [5.41, 5.74) is 7.21. The van der Waals surface area contributed by atoms with Crippen LogP contribution in [-0.4, -0.2) is 203 Å². The number of aliphatic carboxylic acids is 5. The quantitative estimate of drug-likeness (QED) is 0.0265. The average molecular weight is 1240 g/mol. The summed E-state index contributed by atoms with van der Waals surface area (Å²) in [5, 5.41) is 89.0. The number of aromatic nitrogens is 1. The first kappa shape index (κ1) is 71.9. The number of H-pyrrole nitrogens is 1. The summed E-state index contributed by atoms with van der Waals surface area (Å²) in [6.07, 6.45) is -2.16. The third-order valence-corrected chi connectivity index (χ3v) is 13.7. The Bertz CT molecular complexity index is 2980. The van der Waals surface area contributed by atoms with Crippen molar-refractivity contribution in [3.63, 3.8) is 0 Å². The van der Waals surface area contributed by atoms with Crippen LogP contribution < -0.4 is 53.6 Å². The van der Waals surface area contributed by atoms with E-state index in [0.717, 1.165) is 6.92 Å². The van der Waals surface area contributed by atoms with E-state index >= 15 is 0 Å². The number of nitrogens with one attached hydrogen (secondary N) is 10. The fourth-order valence-corrected chi connectivity index (χ4v) is 8.80. The molecule has 1 aromatic heterocycles. The molecule has 0 saturated carbocycles. The molecule has 0 fully saturated rings. The van der Waals surface area contributed by atoms with Crippen LogP contribution in [-0.2, 0) is 80.0 Å². The predicted octanol–water partition coefficient (Wildman–Crippen LogP) is -3.47. The van der Waals surface area contributed by atoms with E-state index in [4.69, 9.17) is 5.73 Å². The molecule has 1 heterocycles. The second kappa shape index (κ2) is 35.2. The zero-order chi connectivity index (χ0) is 65.2. The van der Waals surface area contributed by atoms with Crippen LogP contribution in [0.2, 0.25) is 0 Å². The Morgan fingerprint density at radius 1 is 0.506 bits per heavy atom. The van der Waals surface area contributed by atoms with Crippen molar-refractivity contribution in [1.82, 2.24) is 52.8 Å². The Morgan fingerprint density at radius 3 is 1.51 bits per heavy atom. The smallest absolute Gasteiger partial charge is 0.326 e. The highest BCUT2D eigenvalue weighted by Gasteiger charge is 2.37. The summed E-state index contributed by atoms with van der Waals surface area (Å²) in [6, 6.07) is -4.83. The van der Waals surface area contributed by atoms with Crippen molar-refractivity contribution in [3.8, 4) is 5.75 Å². The molecule has 0 radical (unpaired) electrons. The first-order valence-corrected chi connectivity index (χ1v) is 28.4. The van der Waals surface area contributed by atoms with Crippen molar-refractivity contribution >= 4 is 106 Å². The summed E-state index contributed by atoms with van der Waals surface area (Å²) in [4.78, 5) is 185. The summed E-state index contributed by atoms with van der Waals surface area (Å²) < 4.78 is 0. The van der Waals surface area contributed by atoms with Gasteiger partial charge in [0.05, 0.1) is 25.5 Å². The molecule has 476 valence electrons. The number of phenols is 1. The Kier molecular flexibility index (Phi) is 29.1. The van der Waals surface area contributed by atoms with Gasteiger partial charge in [0.25, 0.3) is 0 Å². The van der Waals surface area contributed by atoms with Gasteiger partial charge in [-0.1, -0.05) is 44.2 Å². The fourth-order valence-electron chi connectivity index (χ4n) is 8.33. The molecule has 32 nitrogen and oxygen atoms in total.